The molecule has 2 heteroatoms. The minimum absolute atomic E-state index is 0.0709. The van der Waals surface area contributed by atoms with Crippen LogP contribution < -0.4 is 4.90 Å². The van der Waals surface area contributed by atoms with Gasteiger partial charge in [0.15, 0.2) is 0 Å². The van der Waals surface area contributed by atoms with Crippen LogP contribution >= 0.6 is 0 Å². The molecule has 0 radical (unpaired) electrons. The molecule has 0 amide bonds. The van der Waals surface area contributed by atoms with E-state index in [2.05, 4.69) is 165 Å². The molecular formula is C61H68N2. The Hall–Kier alpha value is -5.08. The van der Waals surface area contributed by atoms with Crippen molar-refractivity contribution in [3.05, 3.63) is 149 Å². The number of nitrogens with zero attached hydrogens (tertiary/aromatic N) is 2. The van der Waals surface area contributed by atoms with Crippen molar-refractivity contribution in [2.24, 2.45) is 0 Å². The van der Waals surface area contributed by atoms with Gasteiger partial charge in [-0.3, -0.25) is 0 Å². The van der Waals surface area contributed by atoms with Gasteiger partial charge in [-0.1, -0.05) is 153 Å². The summed E-state index contributed by atoms with van der Waals surface area (Å²) in [6.45, 7) is 11.9. The lowest BCUT2D eigenvalue weighted by molar-refractivity contribution is 0.367. The summed E-state index contributed by atoms with van der Waals surface area (Å²) in [6.07, 6.45) is 20.1. The summed E-state index contributed by atoms with van der Waals surface area (Å²) in [7, 11) is 0. The normalized spacial score (nSPS) is 18.5. The van der Waals surface area contributed by atoms with E-state index in [1.54, 1.807) is 5.56 Å². The molecule has 3 saturated carbocycles. The monoisotopic (exact) mass is 829 g/mol. The molecule has 4 aliphatic rings. The third-order valence-electron chi connectivity index (χ3n) is 16.3. The van der Waals surface area contributed by atoms with Gasteiger partial charge in [0.25, 0.3) is 0 Å². The van der Waals surface area contributed by atoms with Crippen molar-refractivity contribution < 1.29 is 0 Å². The average Bonchev–Trinajstić information content (AvgIpc) is 3.77. The van der Waals surface area contributed by atoms with E-state index >= 15 is 0 Å². The summed E-state index contributed by atoms with van der Waals surface area (Å²) >= 11 is 0. The molecule has 6 aromatic carbocycles. The van der Waals surface area contributed by atoms with E-state index in [0.29, 0.717) is 17.9 Å². The summed E-state index contributed by atoms with van der Waals surface area (Å²) in [5.74, 6) is 1.39. The highest BCUT2D eigenvalue weighted by Crippen LogP contribution is 2.52. The zero-order chi connectivity index (χ0) is 42.9. The maximum Gasteiger partial charge on any atom is 0.0494 e. The summed E-state index contributed by atoms with van der Waals surface area (Å²) in [4.78, 5) is 2.51. The molecular weight excluding hydrogens is 761 g/mol. The number of benzene rings is 6. The van der Waals surface area contributed by atoms with Gasteiger partial charge in [0.2, 0.25) is 0 Å². The number of hydrogen-bond acceptors (Lipinski definition) is 1. The molecule has 1 aromatic heterocycles. The third kappa shape index (κ3) is 7.34. The molecule has 1 heterocycles. The first-order chi connectivity index (χ1) is 30.6. The summed E-state index contributed by atoms with van der Waals surface area (Å²) in [5.41, 5.74) is 19.2. The number of rotatable bonds is 7. The van der Waals surface area contributed by atoms with E-state index in [1.165, 1.54) is 180 Å². The standard InChI is InChI=1S/C61H68N2/c1-60(2,3)47-27-36-59-55(39-47)54-38-46(26-35-58(54)63(59)48-19-13-8-14-20-48)44-23-30-50(31-24-44)62(49-28-21-43(22-29-49)41-15-9-6-10-16-41)51-32-33-52-53-37-45(42-17-11-7-12-18-42)25-34-56(53)61(4,5)57(52)40-51/h21-42,48H,6-20H2,1-5H3. The quantitative estimate of drug-likeness (QED) is 0.155. The molecule has 2 nitrogen and oxygen atoms in total. The van der Waals surface area contributed by atoms with Crippen LogP contribution in [0.4, 0.5) is 17.1 Å². The molecule has 63 heavy (non-hydrogen) atoms. The summed E-state index contributed by atoms with van der Waals surface area (Å²) < 4.78 is 2.70. The van der Waals surface area contributed by atoms with E-state index in [-0.39, 0.29) is 10.8 Å². The van der Waals surface area contributed by atoms with Crippen LogP contribution in [0.3, 0.4) is 0 Å². The van der Waals surface area contributed by atoms with Crippen LogP contribution in [-0.4, -0.2) is 4.57 Å². The van der Waals surface area contributed by atoms with Crippen molar-refractivity contribution in [3.8, 4) is 22.3 Å². The predicted octanol–water partition coefficient (Wildman–Crippen LogP) is 18.1. The van der Waals surface area contributed by atoms with Crippen molar-refractivity contribution in [1.29, 1.82) is 0 Å². The molecule has 0 saturated heterocycles. The first-order valence-electron chi connectivity index (χ1n) is 25.0. The second-order valence-corrected chi connectivity index (χ2v) is 21.7. The van der Waals surface area contributed by atoms with Crippen molar-refractivity contribution in [3.63, 3.8) is 0 Å². The molecule has 3 fully saturated rings. The average molecular weight is 829 g/mol. The van der Waals surface area contributed by atoms with Crippen LogP contribution in [0.15, 0.2) is 121 Å². The Morgan fingerprint density at radius 3 is 1.65 bits per heavy atom. The molecule has 0 atom stereocenters. The third-order valence-corrected chi connectivity index (χ3v) is 16.3. The smallest absolute Gasteiger partial charge is 0.0494 e. The van der Waals surface area contributed by atoms with E-state index in [4.69, 9.17) is 0 Å². The maximum atomic E-state index is 2.70. The Kier molecular flexibility index (Phi) is 10.4. The molecule has 322 valence electrons. The lowest BCUT2D eigenvalue weighted by Crippen LogP contribution is -2.17. The highest BCUT2D eigenvalue weighted by atomic mass is 15.1. The van der Waals surface area contributed by atoms with Gasteiger partial charge < -0.3 is 9.47 Å². The molecule has 4 aliphatic carbocycles. The Bertz CT molecular complexity index is 2770. The highest BCUT2D eigenvalue weighted by molar-refractivity contribution is 6.10. The minimum Gasteiger partial charge on any atom is -0.337 e. The molecule has 11 rings (SSSR count). The lowest BCUT2D eigenvalue weighted by Gasteiger charge is -2.29. The fourth-order valence-corrected chi connectivity index (χ4v) is 12.6. The van der Waals surface area contributed by atoms with Crippen LogP contribution in [0.25, 0.3) is 44.1 Å². The highest BCUT2D eigenvalue weighted by Gasteiger charge is 2.37. The van der Waals surface area contributed by atoms with Crippen LogP contribution in [0.1, 0.15) is 177 Å². The van der Waals surface area contributed by atoms with E-state index in [1.807, 2.05) is 0 Å². The Labute approximate surface area is 377 Å². The molecule has 0 N–H and O–H groups in total. The lowest BCUT2D eigenvalue weighted by atomic mass is 9.80. The van der Waals surface area contributed by atoms with Crippen molar-refractivity contribution in [2.45, 2.75) is 160 Å². The number of hydrogen-bond donors (Lipinski definition) is 0. The van der Waals surface area contributed by atoms with Gasteiger partial charge in [-0.2, -0.15) is 0 Å². The molecule has 0 bridgehead atoms. The van der Waals surface area contributed by atoms with Gasteiger partial charge in [-0.25, -0.2) is 0 Å². The largest absolute Gasteiger partial charge is 0.337 e. The fraction of sp³-hybridized carbons (Fsp3) is 0.410. The predicted molar refractivity (Wildman–Crippen MR) is 270 cm³/mol. The Morgan fingerprint density at radius 1 is 0.460 bits per heavy atom. The van der Waals surface area contributed by atoms with Gasteiger partial charge in [0.05, 0.1) is 0 Å². The first kappa shape index (κ1) is 40.7. The molecule has 0 unspecified atom stereocenters. The van der Waals surface area contributed by atoms with Crippen molar-refractivity contribution in [2.75, 3.05) is 4.90 Å². The molecule has 0 spiro atoms. The van der Waals surface area contributed by atoms with Crippen LogP contribution in [0.2, 0.25) is 0 Å². The van der Waals surface area contributed by atoms with Crippen LogP contribution in [0.5, 0.6) is 0 Å². The van der Waals surface area contributed by atoms with Gasteiger partial charge in [0, 0.05) is 50.3 Å². The van der Waals surface area contributed by atoms with Gasteiger partial charge in [-0.15, -0.1) is 0 Å². The van der Waals surface area contributed by atoms with Crippen LogP contribution in [-0.2, 0) is 10.8 Å². The molecule has 7 aromatic rings. The fourth-order valence-electron chi connectivity index (χ4n) is 12.6. The van der Waals surface area contributed by atoms with E-state index in [0.717, 1.165) is 0 Å². The second kappa shape index (κ2) is 16.2. The number of anilines is 3. The first-order valence-corrected chi connectivity index (χ1v) is 25.0. The summed E-state index contributed by atoms with van der Waals surface area (Å²) in [6, 6.07) is 49.1. The zero-order valence-corrected chi connectivity index (χ0v) is 38.8. The summed E-state index contributed by atoms with van der Waals surface area (Å²) in [5, 5.41) is 2.78. The minimum atomic E-state index is -0.0709. The Morgan fingerprint density at radius 2 is 1.00 bits per heavy atom. The van der Waals surface area contributed by atoms with Crippen LogP contribution in [0, 0.1) is 0 Å². The van der Waals surface area contributed by atoms with Gasteiger partial charge in [0.1, 0.15) is 0 Å². The second-order valence-electron chi connectivity index (χ2n) is 21.7. The van der Waals surface area contributed by atoms with Gasteiger partial charge in [-0.05, 0) is 167 Å². The van der Waals surface area contributed by atoms with Crippen molar-refractivity contribution in [1.82, 2.24) is 4.57 Å². The van der Waals surface area contributed by atoms with E-state index < -0.39 is 0 Å². The maximum absolute atomic E-state index is 2.70. The zero-order valence-electron chi connectivity index (χ0n) is 38.8. The topological polar surface area (TPSA) is 8.17 Å². The van der Waals surface area contributed by atoms with E-state index in [9.17, 15) is 0 Å². The van der Waals surface area contributed by atoms with Crippen molar-refractivity contribution >= 4 is 38.9 Å². The Balaban J connectivity index is 0.982. The van der Waals surface area contributed by atoms with Gasteiger partial charge >= 0.3 is 0 Å². The number of aromatic nitrogens is 1. The molecule has 0 aliphatic heterocycles. The SMILES string of the molecule is CC(C)(C)c1ccc2c(c1)c1cc(-c3ccc(N(c4ccc(C5CCCCC5)cc4)c4ccc5c(c4)C(C)(C)c4ccc(C6CCCCC6)cc4-5)cc3)ccc1n2C1CCCCC1. The number of fused-ring (bicyclic) bond motifs is 6.